The molecule has 0 bridgehead atoms. The normalized spacial score (nSPS) is 17.7. The molecule has 2 N–H and O–H groups in total. The van der Waals surface area contributed by atoms with Crippen molar-refractivity contribution in [2.75, 3.05) is 20.8 Å². The van der Waals surface area contributed by atoms with Crippen molar-refractivity contribution in [3.8, 4) is 11.5 Å². The van der Waals surface area contributed by atoms with Crippen LogP contribution in [0.2, 0.25) is 0 Å². The number of hydrogen-bond donors (Lipinski definition) is 2. The van der Waals surface area contributed by atoms with Crippen LogP contribution in [0.15, 0.2) is 30.6 Å². The van der Waals surface area contributed by atoms with E-state index in [1.54, 1.807) is 20.4 Å². The van der Waals surface area contributed by atoms with Crippen LogP contribution < -0.4 is 20.1 Å². The number of hydrogen-bond acceptors (Lipinski definition) is 5. The molecule has 3 rings (SSSR count). The minimum atomic E-state index is -0.382. The van der Waals surface area contributed by atoms with Crippen molar-refractivity contribution in [1.82, 2.24) is 20.2 Å². The summed E-state index contributed by atoms with van der Waals surface area (Å²) in [5.74, 6) is 2.10. The second kappa shape index (κ2) is 8.23. The van der Waals surface area contributed by atoms with Crippen LogP contribution in [-0.2, 0) is 11.8 Å². The summed E-state index contributed by atoms with van der Waals surface area (Å²) in [5, 5.41) is 6.49. The van der Waals surface area contributed by atoms with E-state index in [1.807, 2.05) is 36.0 Å². The lowest BCUT2D eigenvalue weighted by atomic mass is 10.0. The molecular weight excluding hydrogens is 332 g/mol. The van der Waals surface area contributed by atoms with Gasteiger partial charge in [0.15, 0.2) is 0 Å². The Morgan fingerprint density at radius 3 is 2.62 bits per heavy atom. The van der Waals surface area contributed by atoms with Crippen molar-refractivity contribution in [2.24, 2.45) is 7.05 Å². The van der Waals surface area contributed by atoms with Crippen molar-refractivity contribution < 1.29 is 14.3 Å². The molecule has 1 aliphatic heterocycles. The maximum atomic E-state index is 12.6. The highest BCUT2D eigenvalue weighted by Crippen LogP contribution is 2.29. The molecule has 1 aromatic heterocycles. The Hall–Kier alpha value is -2.54. The third-order valence-electron chi connectivity index (χ3n) is 4.72. The zero-order valence-electron chi connectivity index (χ0n) is 15.5. The van der Waals surface area contributed by atoms with Crippen LogP contribution in [-0.4, -0.2) is 42.3 Å². The summed E-state index contributed by atoms with van der Waals surface area (Å²) in [6.45, 7) is 0.980. The van der Waals surface area contributed by atoms with E-state index in [9.17, 15) is 4.79 Å². The van der Waals surface area contributed by atoms with Crippen molar-refractivity contribution >= 4 is 5.91 Å². The Kier molecular flexibility index (Phi) is 5.78. The zero-order valence-corrected chi connectivity index (χ0v) is 15.5. The van der Waals surface area contributed by atoms with Crippen LogP contribution in [0.3, 0.4) is 0 Å². The fourth-order valence-electron chi connectivity index (χ4n) is 3.32. The number of aromatic nitrogens is 2. The van der Waals surface area contributed by atoms with Gasteiger partial charge in [-0.15, -0.1) is 0 Å². The number of nitrogens with one attached hydrogen (secondary N) is 2. The standard InChI is InChI=1S/C19H26N4O3/c1-23-8-7-21-19(23)18(22-17(24)11-14-5-4-6-20-14)13-9-15(25-2)12-16(10-13)26-3/h7-10,12,14,18,20H,4-6,11H2,1-3H3,(H,22,24). The summed E-state index contributed by atoms with van der Waals surface area (Å²) in [6.07, 6.45) is 6.21. The summed E-state index contributed by atoms with van der Waals surface area (Å²) >= 11 is 0. The molecule has 7 heteroatoms. The first-order chi connectivity index (χ1) is 12.6. The lowest BCUT2D eigenvalue weighted by molar-refractivity contribution is -0.122. The number of nitrogens with zero attached hydrogens (tertiary/aromatic N) is 2. The molecule has 1 amide bonds. The zero-order chi connectivity index (χ0) is 18.5. The molecule has 2 heterocycles. The minimum absolute atomic E-state index is 0.000753. The Labute approximate surface area is 153 Å². The van der Waals surface area contributed by atoms with Crippen LogP contribution in [0.25, 0.3) is 0 Å². The number of benzene rings is 1. The first-order valence-corrected chi connectivity index (χ1v) is 8.83. The largest absolute Gasteiger partial charge is 0.497 e. The van der Waals surface area contributed by atoms with E-state index in [2.05, 4.69) is 15.6 Å². The number of aryl methyl sites for hydroxylation is 1. The smallest absolute Gasteiger partial charge is 0.222 e. The molecular formula is C19H26N4O3. The fraction of sp³-hybridized carbons (Fsp3) is 0.474. The van der Waals surface area contributed by atoms with E-state index < -0.39 is 0 Å². The summed E-state index contributed by atoms with van der Waals surface area (Å²) < 4.78 is 12.7. The Balaban J connectivity index is 1.88. The van der Waals surface area contributed by atoms with Gasteiger partial charge in [0.1, 0.15) is 23.4 Å². The van der Waals surface area contributed by atoms with Gasteiger partial charge in [-0.05, 0) is 37.1 Å². The third kappa shape index (κ3) is 4.16. The van der Waals surface area contributed by atoms with E-state index in [1.165, 1.54) is 0 Å². The summed E-state index contributed by atoms with van der Waals surface area (Å²) in [6, 6.07) is 5.47. The first kappa shape index (κ1) is 18.3. The molecule has 140 valence electrons. The predicted octanol–water partition coefficient (Wildman–Crippen LogP) is 1.78. The molecule has 0 aliphatic carbocycles. The van der Waals surface area contributed by atoms with Gasteiger partial charge in [-0.1, -0.05) is 0 Å². The minimum Gasteiger partial charge on any atom is -0.497 e. The van der Waals surface area contributed by atoms with E-state index in [0.29, 0.717) is 17.9 Å². The fourth-order valence-corrected chi connectivity index (χ4v) is 3.32. The van der Waals surface area contributed by atoms with Crippen molar-refractivity contribution in [1.29, 1.82) is 0 Å². The molecule has 2 aromatic rings. The number of ether oxygens (including phenoxy) is 2. The first-order valence-electron chi connectivity index (χ1n) is 8.83. The molecule has 26 heavy (non-hydrogen) atoms. The number of imidazole rings is 1. The van der Waals surface area contributed by atoms with Gasteiger partial charge in [-0.3, -0.25) is 4.79 Å². The van der Waals surface area contributed by atoms with Gasteiger partial charge >= 0.3 is 0 Å². The van der Waals surface area contributed by atoms with Crippen LogP contribution in [0.1, 0.15) is 36.7 Å². The average molecular weight is 358 g/mol. The monoisotopic (exact) mass is 358 g/mol. The highest BCUT2D eigenvalue weighted by atomic mass is 16.5. The number of rotatable bonds is 7. The Bertz CT molecular complexity index is 731. The van der Waals surface area contributed by atoms with E-state index in [4.69, 9.17) is 9.47 Å². The van der Waals surface area contributed by atoms with Gasteiger partial charge in [-0.25, -0.2) is 4.98 Å². The van der Waals surface area contributed by atoms with Crippen LogP contribution in [0.4, 0.5) is 0 Å². The van der Waals surface area contributed by atoms with Crippen LogP contribution in [0, 0.1) is 0 Å². The molecule has 7 nitrogen and oxygen atoms in total. The number of carbonyl (C=O) groups is 1. The van der Waals surface area contributed by atoms with Gasteiger partial charge in [0.25, 0.3) is 0 Å². The second-order valence-electron chi connectivity index (χ2n) is 6.54. The topological polar surface area (TPSA) is 77.4 Å². The number of amides is 1. The van der Waals surface area contributed by atoms with E-state index in [0.717, 1.165) is 30.8 Å². The van der Waals surface area contributed by atoms with Crippen molar-refractivity contribution in [3.05, 3.63) is 42.0 Å². The summed E-state index contributed by atoms with van der Waals surface area (Å²) in [7, 11) is 5.13. The lowest BCUT2D eigenvalue weighted by Crippen LogP contribution is -2.35. The average Bonchev–Trinajstić information content (AvgIpc) is 3.30. The molecule has 0 radical (unpaired) electrons. The van der Waals surface area contributed by atoms with Gasteiger partial charge in [0.05, 0.1) is 14.2 Å². The molecule has 1 aromatic carbocycles. The van der Waals surface area contributed by atoms with Crippen LogP contribution in [0.5, 0.6) is 11.5 Å². The predicted molar refractivity (Wildman–Crippen MR) is 98.4 cm³/mol. The Morgan fingerprint density at radius 1 is 1.35 bits per heavy atom. The van der Waals surface area contributed by atoms with Crippen LogP contribution >= 0.6 is 0 Å². The second-order valence-corrected chi connectivity index (χ2v) is 6.54. The molecule has 2 unspecified atom stereocenters. The summed E-state index contributed by atoms with van der Waals surface area (Å²) in [4.78, 5) is 17.1. The van der Waals surface area contributed by atoms with Crippen molar-refractivity contribution in [2.45, 2.75) is 31.3 Å². The highest BCUT2D eigenvalue weighted by Gasteiger charge is 2.24. The van der Waals surface area contributed by atoms with Gasteiger partial charge < -0.3 is 24.7 Å². The van der Waals surface area contributed by atoms with E-state index >= 15 is 0 Å². The van der Waals surface area contributed by atoms with Gasteiger partial charge in [-0.2, -0.15) is 0 Å². The Morgan fingerprint density at radius 2 is 2.08 bits per heavy atom. The quantitative estimate of drug-likeness (QED) is 0.789. The van der Waals surface area contributed by atoms with E-state index in [-0.39, 0.29) is 18.0 Å². The SMILES string of the molecule is COc1cc(OC)cc(C(NC(=O)CC2CCCN2)c2nccn2C)c1. The molecule has 0 spiro atoms. The molecule has 1 saturated heterocycles. The third-order valence-corrected chi connectivity index (χ3v) is 4.72. The lowest BCUT2D eigenvalue weighted by Gasteiger charge is -2.21. The highest BCUT2D eigenvalue weighted by molar-refractivity contribution is 5.77. The molecule has 1 fully saturated rings. The maximum absolute atomic E-state index is 12.6. The maximum Gasteiger partial charge on any atom is 0.222 e. The molecule has 2 atom stereocenters. The van der Waals surface area contributed by atoms with Gasteiger partial charge in [0.2, 0.25) is 5.91 Å². The molecule has 1 aliphatic rings. The van der Waals surface area contributed by atoms with Crippen molar-refractivity contribution in [3.63, 3.8) is 0 Å². The number of methoxy groups -OCH3 is 2. The molecule has 0 saturated carbocycles. The summed E-state index contributed by atoms with van der Waals surface area (Å²) in [5.41, 5.74) is 0.864. The number of carbonyl (C=O) groups excluding carboxylic acids is 1. The van der Waals surface area contributed by atoms with Gasteiger partial charge in [0, 0.05) is 38.0 Å².